The molecule has 0 amide bonds. The monoisotopic (exact) mass is 677 g/mol. The molecular formula is C50H31NO2. The minimum Gasteiger partial charge on any atom is -0.456 e. The Bertz CT molecular complexity index is 3170. The molecule has 0 aliphatic heterocycles. The summed E-state index contributed by atoms with van der Waals surface area (Å²) < 4.78 is 13.1. The number of benzene rings is 9. The van der Waals surface area contributed by atoms with Gasteiger partial charge in [-0.3, -0.25) is 0 Å². The highest BCUT2D eigenvalue weighted by molar-refractivity contribution is 6.18. The Hall–Kier alpha value is -7.10. The molecule has 0 saturated carbocycles. The Morgan fingerprint density at radius 3 is 1.87 bits per heavy atom. The van der Waals surface area contributed by atoms with Gasteiger partial charge in [-0.2, -0.15) is 0 Å². The molecule has 0 spiro atoms. The summed E-state index contributed by atoms with van der Waals surface area (Å²) in [4.78, 5) is 2.36. The van der Waals surface area contributed by atoms with Gasteiger partial charge < -0.3 is 13.7 Å². The van der Waals surface area contributed by atoms with Crippen molar-refractivity contribution in [1.29, 1.82) is 0 Å². The van der Waals surface area contributed by atoms with E-state index in [0.717, 1.165) is 88.2 Å². The standard InChI is InChI=1S/C50H31NO2/c1-2-11-33(12-3-1)37-28-29-45(40-16-7-6-15-39(37)40)51(46-19-10-18-42-43-27-23-34-13-4-5-14-38(34)49(43)53-50(42)46)36-25-21-32(22-26-36)35-24-30-48-44(31-35)41-17-8-9-20-47(41)52-48/h1-31H. The molecule has 0 aliphatic rings. The second-order valence-electron chi connectivity index (χ2n) is 13.7. The van der Waals surface area contributed by atoms with Crippen LogP contribution >= 0.6 is 0 Å². The van der Waals surface area contributed by atoms with Crippen molar-refractivity contribution in [2.24, 2.45) is 0 Å². The van der Waals surface area contributed by atoms with Crippen molar-refractivity contribution in [3.63, 3.8) is 0 Å². The topological polar surface area (TPSA) is 29.5 Å². The quantitative estimate of drug-likeness (QED) is 0.182. The van der Waals surface area contributed by atoms with Gasteiger partial charge in [0.2, 0.25) is 0 Å². The van der Waals surface area contributed by atoms with E-state index in [4.69, 9.17) is 8.83 Å². The third-order valence-corrected chi connectivity index (χ3v) is 10.7. The van der Waals surface area contributed by atoms with Crippen LogP contribution in [0.25, 0.3) is 87.7 Å². The first kappa shape index (κ1) is 29.6. The zero-order chi connectivity index (χ0) is 34.9. The summed E-state index contributed by atoms with van der Waals surface area (Å²) in [6.07, 6.45) is 0. The summed E-state index contributed by atoms with van der Waals surface area (Å²) >= 11 is 0. The fraction of sp³-hybridized carbons (Fsp3) is 0. The van der Waals surface area contributed by atoms with Crippen LogP contribution in [0.1, 0.15) is 0 Å². The van der Waals surface area contributed by atoms with Crippen molar-refractivity contribution in [2.75, 3.05) is 4.90 Å². The molecule has 0 N–H and O–H groups in total. The predicted molar refractivity (Wildman–Crippen MR) is 222 cm³/mol. The molecule has 0 atom stereocenters. The van der Waals surface area contributed by atoms with E-state index in [1.807, 2.05) is 12.1 Å². The first-order chi connectivity index (χ1) is 26.3. The zero-order valence-corrected chi connectivity index (χ0v) is 28.7. The Labute approximate surface area is 305 Å². The van der Waals surface area contributed by atoms with Gasteiger partial charge in [0.1, 0.15) is 16.7 Å². The van der Waals surface area contributed by atoms with E-state index >= 15 is 0 Å². The predicted octanol–water partition coefficient (Wildman–Crippen LogP) is 14.6. The van der Waals surface area contributed by atoms with Crippen LogP contribution in [0.3, 0.4) is 0 Å². The van der Waals surface area contributed by atoms with Crippen LogP contribution in [0.2, 0.25) is 0 Å². The Morgan fingerprint density at radius 1 is 0.321 bits per heavy atom. The summed E-state index contributed by atoms with van der Waals surface area (Å²) in [6, 6.07) is 66.8. The highest BCUT2D eigenvalue weighted by Gasteiger charge is 2.22. The highest BCUT2D eigenvalue weighted by atomic mass is 16.3. The second kappa shape index (κ2) is 11.7. The average Bonchev–Trinajstić information content (AvgIpc) is 3.81. The Balaban J connectivity index is 1.13. The summed E-state index contributed by atoms with van der Waals surface area (Å²) in [6.45, 7) is 0. The van der Waals surface area contributed by atoms with Crippen molar-refractivity contribution < 1.29 is 8.83 Å². The number of nitrogens with zero attached hydrogens (tertiary/aromatic N) is 1. The van der Waals surface area contributed by atoms with Crippen LogP contribution in [-0.2, 0) is 0 Å². The molecule has 11 rings (SSSR count). The van der Waals surface area contributed by atoms with Gasteiger partial charge in [-0.1, -0.05) is 140 Å². The summed E-state index contributed by atoms with van der Waals surface area (Å²) in [7, 11) is 0. The van der Waals surface area contributed by atoms with E-state index in [-0.39, 0.29) is 0 Å². The molecule has 11 aromatic rings. The van der Waals surface area contributed by atoms with Crippen molar-refractivity contribution >= 4 is 82.5 Å². The molecule has 0 aliphatic carbocycles. The van der Waals surface area contributed by atoms with Gasteiger partial charge in [0.15, 0.2) is 5.58 Å². The Morgan fingerprint density at radius 2 is 1.00 bits per heavy atom. The lowest BCUT2D eigenvalue weighted by Crippen LogP contribution is -2.11. The van der Waals surface area contributed by atoms with Crippen LogP contribution in [0, 0.1) is 0 Å². The second-order valence-corrected chi connectivity index (χ2v) is 13.7. The van der Waals surface area contributed by atoms with Gasteiger partial charge >= 0.3 is 0 Å². The number of hydrogen-bond donors (Lipinski definition) is 0. The van der Waals surface area contributed by atoms with Gasteiger partial charge in [0.25, 0.3) is 0 Å². The molecule has 248 valence electrons. The van der Waals surface area contributed by atoms with E-state index in [1.165, 1.54) is 16.5 Å². The largest absolute Gasteiger partial charge is 0.456 e. The minimum absolute atomic E-state index is 0.858. The zero-order valence-electron chi connectivity index (χ0n) is 28.7. The third kappa shape index (κ3) is 4.68. The smallest absolute Gasteiger partial charge is 0.159 e. The van der Waals surface area contributed by atoms with Crippen molar-refractivity contribution in [3.05, 3.63) is 188 Å². The van der Waals surface area contributed by atoms with Gasteiger partial charge in [-0.15, -0.1) is 0 Å². The molecule has 3 heteroatoms. The molecular weight excluding hydrogens is 647 g/mol. The number of rotatable bonds is 5. The number of para-hydroxylation sites is 2. The van der Waals surface area contributed by atoms with E-state index in [0.29, 0.717) is 0 Å². The molecule has 0 bridgehead atoms. The van der Waals surface area contributed by atoms with Crippen molar-refractivity contribution in [3.8, 4) is 22.3 Å². The fourth-order valence-electron chi connectivity index (χ4n) is 8.15. The molecule has 3 nitrogen and oxygen atoms in total. The molecule has 0 fully saturated rings. The van der Waals surface area contributed by atoms with Crippen LogP contribution in [0.5, 0.6) is 0 Å². The van der Waals surface area contributed by atoms with Crippen molar-refractivity contribution in [2.45, 2.75) is 0 Å². The van der Waals surface area contributed by atoms with Gasteiger partial charge in [0.05, 0.1) is 11.4 Å². The minimum atomic E-state index is 0.858. The fourth-order valence-corrected chi connectivity index (χ4v) is 8.15. The summed E-state index contributed by atoms with van der Waals surface area (Å²) in [5.41, 5.74) is 11.4. The van der Waals surface area contributed by atoms with E-state index in [9.17, 15) is 0 Å². The van der Waals surface area contributed by atoms with E-state index < -0.39 is 0 Å². The summed E-state index contributed by atoms with van der Waals surface area (Å²) in [5.74, 6) is 0. The molecule has 53 heavy (non-hydrogen) atoms. The molecule has 2 aromatic heterocycles. The van der Waals surface area contributed by atoms with Gasteiger partial charge in [0, 0.05) is 38.0 Å². The van der Waals surface area contributed by atoms with Crippen LogP contribution in [0.4, 0.5) is 17.1 Å². The average molecular weight is 678 g/mol. The van der Waals surface area contributed by atoms with Gasteiger partial charge in [-0.25, -0.2) is 0 Å². The first-order valence-electron chi connectivity index (χ1n) is 18.0. The maximum absolute atomic E-state index is 6.94. The SMILES string of the molecule is c1ccc(-c2ccc(N(c3ccc(-c4ccc5oc6ccccc6c5c4)cc3)c3cccc4c3oc3c5ccccc5ccc43)c3ccccc23)cc1. The molecule has 2 heterocycles. The van der Waals surface area contributed by atoms with Gasteiger partial charge in [-0.05, 0) is 81.6 Å². The molecule has 0 unspecified atom stereocenters. The molecule has 0 radical (unpaired) electrons. The lowest BCUT2D eigenvalue weighted by Gasteiger charge is -2.27. The molecule has 0 saturated heterocycles. The normalized spacial score (nSPS) is 11.8. The van der Waals surface area contributed by atoms with E-state index in [2.05, 4.69) is 181 Å². The van der Waals surface area contributed by atoms with Crippen molar-refractivity contribution in [1.82, 2.24) is 0 Å². The third-order valence-electron chi connectivity index (χ3n) is 10.7. The van der Waals surface area contributed by atoms with Crippen LogP contribution in [0.15, 0.2) is 197 Å². The lowest BCUT2D eigenvalue weighted by atomic mass is 9.96. The molecule has 9 aromatic carbocycles. The number of anilines is 3. The lowest BCUT2D eigenvalue weighted by molar-refractivity contribution is 0.669. The number of fused-ring (bicyclic) bond motifs is 9. The van der Waals surface area contributed by atoms with Crippen LogP contribution < -0.4 is 4.90 Å². The number of furan rings is 2. The highest BCUT2D eigenvalue weighted by Crippen LogP contribution is 2.47. The van der Waals surface area contributed by atoms with E-state index in [1.54, 1.807) is 0 Å². The Kier molecular flexibility index (Phi) is 6.55. The maximum Gasteiger partial charge on any atom is 0.159 e. The maximum atomic E-state index is 6.94. The number of hydrogen-bond acceptors (Lipinski definition) is 3. The first-order valence-corrected chi connectivity index (χ1v) is 18.0. The van der Waals surface area contributed by atoms with Crippen LogP contribution in [-0.4, -0.2) is 0 Å². The summed E-state index contributed by atoms with van der Waals surface area (Å²) in [5, 5.41) is 9.09.